The van der Waals surface area contributed by atoms with Gasteiger partial charge in [0.1, 0.15) is 0 Å². The number of nitrogens with one attached hydrogen (secondary N) is 2. The molecule has 0 fully saturated rings. The van der Waals surface area contributed by atoms with Gasteiger partial charge >= 0.3 is 0 Å². The molecule has 0 aliphatic carbocycles. The predicted molar refractivity (Wildman–Crippen MR) is 76.6 cm³/mol. The van der Waals surface area contributed by atoms with E-state index in [2.05, 4.69) is 10.9 Å². The zero-order valence-corrected chi connectivity index (χ0v) is 11.9. The van der Waals surface area contributed by atoms with Crippen molar-refractivity contribution >= 4 is 47.1 Å². The number of hydrogen-bond donors (Lipinski definition) is 4. The molecule has 0 bridgehead atoms. The molecule has 0 radical (unpaired) electrons. The number of carbonyl (C=O) groups is 2. The summed E-state index contributed by atoms with van der Waals surface area (Å²) >= 11 is 4.92. The maximum Gasteiger partial charge on any atom is 0.243 e. The third-order valence-electron chi connectivity index (χ3n) is 1.53. The Morgan fingerprint density at radius 2 is 1.12 bits per heavy atom. The lowest BCUT2D eigenvalue weighted by Crippen LogP contribution is -2.31. The second-order valence-electron chi connectivity index (χ2n) is 2.85. The monoisotopic (exact) mass is 298 g/mol. The van der Waals surface area contributed by atoms with Crippen LogP contribution in [0.3, 0.4) is 0 Å². The van der Waals surface area contributed by atoms with E-state index in [1.54, 1.807) is 35.3 Å². The van der Waals surface area contributed by atoms with E-state index in [0.29, 0.717) is 11.5 Å². The Bertz CT molecular complexity index is 209. The summed E-state index contributed by atoms with van der Waals surface area (Å²) in [5.41, 5.74) is 4.16. The first-order valence-corrected chi connectivity index (χ1v) is 8.39. The fourth-order valence-corrected chi connectivity index (χ4v) is 3.67. The van der Waals surface area contributed by atoms with Crippen LogP contribution < -0.4 is 22.5 Å². The van der Waals surface area contributed by atoms with Crippen LogP contribution in [0.15, 0.2) is 0 Å². The second kappa shape index (κ2) is 12.4. The van der Waals surface area contributed by atoms with Gasteiger partial charge in [-0.3, -0.25) is 20.4 Å². The van der Waals surface area contributed by atoms with E-state index in [1.165, 1.54) is 0 Å². The van der Waals surface area contributed by atoms with Gasteiger partial charge in [-0.05, 0) is 0 Å². The highest BCUT2D eigenvalue weighted by molar-refractivity contribution is 8.04. The Morgan fingerprint density at radius 3 is 1.47 bits per heavy atom. The Balaban J connectivity index is 3.08. The minimum absolute atomic E-state index is 0.150. The molecule has 6 N–H and O–H groups in total. The van der Waals surface area contributed by atoms with E-state index in [-0.39, 0.29) is 11.8 Å². The molecule has 0 rings (SSSR count). The predicted octanol–water partition coefficient (Wildman–Crippen LogP) is -0.834. The molecule has 0 aromatic carbocycles. The van der Waals surface area contributed by atoms with Crippen molar-refractivity contribution in [2.24, 2.45) is 11.7 Å². The molecule has 0 saturated carbocycles. The molecule has 0 atom stereocenters. The molecule has 0 heterocycles. The van der Waals surface area contributed by atoms with E-state index in [0.717, 1.165) is 23.0 Å². The quantitative estimate of drug-likeness (QED) is 0.180. The molecular weight excluding hydrogens is 280 g/mol. The summed E-state index contributed by atoms with van der Waals surface area (Å²) in [4.78, 5) is 21.5. The Labute approximate surface area is 114 Å². The van der Waals surface area contributed by atoms with Crippen molar-refractivity contribution in [1.82, 2.24) is 10.9 Å². The summed E-state index contributed by atoms with van der Waals surface area (Å²) in [6, 6.07) is 0. The fraction of sp³-hybridized carbons (Fsp3) is 0.750. The fourth-order valence-electron chi connectivity index (χ4n) is 0.751. The first-order valence-electron chi connectivity index (χ1n) is 4.92. The largest absolute Gasteiger partial charge is 0.294 e. The van der Waals surface area contributed by atoms with E-state index < -0.39 is 0 Å². The molecule has 9 heteroatoms. The molecule has 2 amide bonds. The van der Waals surface area contributed by atoms with Gasteiger partial charge in [0.15, 0.2) is 0 Å². The summed E-state index contributed by atoms with van der Waals surface area (Å²) in [5, 5.41) is 0. The zero-order chi connectivity index (χ0) is 12.9. The lowest BCUT2D eigenvalue weighted by molar-refractivity contribution is -0.119. The van der Waals surface area contributed by atoms with Gasteiger partial charge in [-0.2, -0.15) is 35.3 Å². The van der Waals surface area contributed by atoms with E-state index in [4.69, 9.17) is 11.7 Å². The summed E-state index contributed by atoms with van der Waals surface area (Å²) in [6.07, 6.45) is 0. The van der Waals surface area contributed by atoms with E-state index in [9.17, 15) is 9.59 Å². The number of rotatable bonds is 10. The van der Waals surface area contributed by atoms with Crippen LogP contribution in [0.5, 0.6) is 0 Å². The topological polar surface area (TPSA) is 110 Å². The van der Waals surface area contributed by atoms with Crippen molar-refractivity contribution < 1.29 is 9.59 Å². The van der Waals surface area contributed by atoms with Gasteiger partial charge < -0.3 is 0 Å². The number of thioether (sulfide) groups is 3. The normalized spacial score (nSPS) is 10.0. The second-order valence-corrected chi connectivity index (χ2v) is 6.29. The van der Waals surface area contributed by atoms with Crippen molar-refractivity contribution in [3.05, 3.63) is 0 Å². The lowest BCUT2D eigenvalue weighted by Gasteiger charge is -2.02. The molecule has 0 aromatic heterocycles. The molecule has 0 unspecified atom stereocenters. The number of hydrogen-bond acceptors (Lipinski definition) is 7. The number of carbonyl (C=O) groups excluding carboxylic acids is 2. The SMILES string of the molecule is NNC(=O)CSCCSCCSCC(=O)NN. The summed E-state index contributed by atoms with van der Waals surface area (Å²) in [7, 11) is 0. The van der Waals surface area contributed by atoms with Crippen molar-refractivity contribution in [2.45, 2.75) is 0 Å². The Hall–Kier alpha value is -0.0900. The number of nitrogens with two attached hydrogens (primary N) is 2. The highest BCUT2D eigenvalue weighted by Crippen LogP contribution is 2.09. The highest BCUT2D eigenvalue weighted by Gasteiger charge is 1.99. The van der Waals surface area contributed by atoms with Crippen molar-refractivity contribution in [1.29, 1.82) is 0 Å². The summed E-state index contributed by atoms with van der Waals surface area (Å²) < 4.78 is 0. The summed E-state index contributed by atoms with van der Waals surface area (Å²) in [6.45, 7) is 0. The Morgan fingerprint density at radius 1 is 0.765 bits per heavy atom. The molecule has 0 aromatic rings. The minimum atomic E-state index is -0.150. The van der Waals surface area contributed by atoms with Gasteiger partial charge in [0.2, 0.25) is 11.8 Å². The molecule has 100 valence electrons. The zero-order valence-electron chi connectivity index (χ0n) is 9.44. The van der Waals surface area contributed by atoms with Gasteiger partial charge in [-0.25, -0.2) is 11.7 Å². The first-order chi connectivity index (χ1) is 8.20. The molecule has 0 aliphatic rings. The van der Waals surface area contributed by atoms with Crippen LogP contribution in [0, 0.1) is 0 Å². The van der Waals surface area contributed by atoms with Crippen LogP contribution in [0.25, 0.3) is 0 Å². The molecule has 0 aliphatic heterocycles. The van der Waals surface area contributed by atoms with Crippen LogP contribution in [0.1, 0.15) is 0 Å². The van der Waals surface area contributed by atoms with Crippen molar-refractivity contribution in [3.63, 3.8) is 0 Å². The third-order valence-corrected chi connectivity index (χ3v) is 4.95. The maximum absolute atomic E-state index is 10.8. The van der Waals surface area contributed by atoms with E-state index >= 15 is 0 Å². The standard InChI is InChI=1S/C8H18N4O2S3/c9-11-7(13)5-16-3-1-15-2-4-17-6-8(14)12-10/h1-6,9-10H2,(H,11,13)(H,12,14). The molecule has 17 heavy (non-hydrogen) atoms. The van der Waals surface area contributed by atoms with Gasteiger partial charge in [0.05, 0.1) is 11.5 Å². The molecule has 0 saturated heterocycles. The molecule has 0 spiro atoms. The van der Waals surface area contributed by atoms with Crippen molar-refractivity contribution in [3.8, 4) is 0 Å². The number of amides is 2. The van der Waals surface area contributed by atoms with Crippen LogP contribution in [0.2, 0.25) is 0 Å². The van der Waals surface area contributed by atoms with Gasteiger partial charge in [0.25, 0.3) is 0 Å². The average molecular weight is 298 g/mol. The third kappa shape index (κ3) is 12.2. The van der Waals surface area contributed by atoms with Gasteiger partial charge in [-0.15, -0.1) is 0 Å². The molecular formula is C8H18N4O2S3. The van der Waals surface area contributed by atoms with Crippen LogP contribution in [-0.4, -0.2) is 46.3 Å². The molecule has 6 nitrogen and oxygen atoms in total. The highest BCUT2D eigenvalue weighted by atomic mass is 32.2. The van der Waals surface area contributed by atoms with E-state index in [1.807, 2.05) is 0 Å². The van der Waals surface area contributed by atoms with Crippen LogP contribution in [0.4, 0.5) is 0 Å². The Kier molecular flexibility index (Phi) is 12.3. The van der Waals surface area contributed by atoms with Crippen LogP contribution >= 0.6 is 35.3 Å². The summed E-state index contributed by atoms with van der Waals surface area (Å²) in [5.74, 6) is 14.2. The first kappa shape index (κ1) is 16.9. The van der Waals surface area contributed by atoms with Gasteiger partial charge in [-0.1, -0.05) is 0 Å². The lowest BCUT2D eigenvalue weighted by atomic mass is 10.7. The maximum atomic E-state index is 10.8. The van der Waals surface area contributed by atoms with Gasteiger partial charge in [0, 0.05) is 23.0 Å². The van der Waals surface area contributed by atoms with Crippen LogP contribution in [-0.2, 0) is 9.59 Å². The number of hydrazine groups is 2. The smallest absolute Gasteiger partial charge is 0.243 e. The average Bonchev–Trinajstić information content (AvgIpc) is 2.35. The van der Waals surface area contributed by atoms with Crippen molar-refractivity contribution in [2.75, 3.05) is 34.5 Å². The minimum Gasteiger partial charge on any atom is -0.294 e.